The first-order valence-electron chi connectivity index (χ1n) is 11.5. The van der Waals surface area contributed by atoms with Gasteiger partial charge in [-0.2, -0.15) is 13.2 Å². The molecule has 38 heavy (non-hydrogen) atoms. The Balaban J connectivity index is 1.56. The van der Waals surface area contributed by atoms with Crippen LogP contribution in [0.4, 0.5) is 24.8 Å². The van der Waals surface area contributed by atoms with Gasteiger partial charge in [0.05, 0.1) is 34.9 Å². The van der Waals surface area contributed by atoms with Crippen LogP contribution in [0.3, 0.4) is 0 Å². The Morgan fingerprint density at radius 3 is 2.45 bits per heavy atom. The lowest BCUT2D eigenvalue weighted by molar-refractivity contribution is -0.137. The van der Waals surface area contributed by atoms with Crippen LogP contribution in [0.5, 0.6) is 0 Å². The van der Waals surface area contributed by atoms with Crippen molar-refractivity contribution in [3.05, 3.63) is 95.6 Å². The number of anilines is 2. The van der Waals surface area contributed by atoms with Crippen molar-refractivity contribution in [2.24, 2.45) is 5.73 Å². The average molecular weight is 515 g/mol. The summed E-state index contributed by atoms with van der Waals surface area (Å²) in [7, 11) is 0. The van der Waals surface area contributed by atoms with Crippen LogP contribution in [0.25, 0.3) is 33.3 Å². The molecule has 0 aliphatic carbocycles. The van der Waals surface area contributed by atoms with Crippen LogP contribution >= 0.6 is 0 Å². The Labute approximate surface area is 215 Å². The predicted octanol–water partition coefficient (Wildman–Crippen LogP) is 6.23. The summed E-state index contributed by atoms with van der Waals surface area (Å²) in [6.07, 6.45) is 0.224. The van der Waals surface area contributed by atoms with E-state index in [1.807, 2.05) is 26.0 Å². The molecule has 2 aromatic carbocycles. The normalized spacial score (nSPS) is 11.5. The number of benzene rings is 2. The van der Waals surface area contributed by atoms with Crippen LogP contribution < -0.4 is 11.1 Å². The maximum Gasteiger partial charge on any atom is 0.417 e. The van der Waals surface area contributed by atoms with E-state index < -0.39 is 17.6 Å². The Bertz CT molecular complexity index is 1680. The number of aromatic nitrogens is 4. The molecule has 0 aliphatic heterocycles. The lowest BCUT2D eigenvalue weighted by Gasteiger charge is -2.17. The minimum Gasteiger partial charge on any atom is -0.366 e. The van der Waals surface area contributed by atoms with E-state index in [0.29, 0.717) is 28.1 Å². The lowest BCUT2D eigenvalue weighted by Crippen LogP contribution is -2.16. The van der Waals surface area contributed by atoms with Gasteiger partial charge < -0.3 is 11.1 Å². The first-order chi connectivity index (χ1) is 18.1. The van der Waals surface area contributed by atoms with Gasteiger partial charge in [0.2, 0.25) is 11.9 Å². The van der Waals surface area contributed by atoms with Crippen LogP contribution in [0.2, 0.25) is 0 Å². The fraction of sp³-hybridized carbons (Fsp3) is 0.107. The third-order valence-corrected chi connectivity index (χ3v) is 6.07. The van der Waals surface area contributed by atoms with Crippen LogP contribution in [-0.2, 0) is 6.18 Å². The summed E-state index contributed by atoms with van der Waals surface area (Å²) in [5, 5.41) is 3.79. The van der Waals surface area contributed by atoms with E-state index in [4.69, 9.17) is 5.73 Å². The maximum atomic E-state index is 13.9. The van der Waals surface area contributed by atoms with Gasteiger partial charge in [0.1, 0.15) is 0 Å². The lowest BCUT2D eigenvalue weighted by atomic mass is 9.90. The number of rotatable bonds is 5. The van der Waals surface area contributed by atoms with Crippen LogP contribution in [0.1, 0.15) is 27.2 Å². The molecule has 5 rings (SSSR count). The number of fused-ring (bicyclic) bond motifs is 1. The first-order valence-corrected chi connectivity index (χ1v) is 11.5. The monoisotopic (exact) mass is 514 g/mol. The number of carbonyl (C=O) groups is 1. The molecule has 0 atom stereocenters. The van der Waals surface area contributed by atoms with Crippen molar-refractivity contribution < 1.29 is 18.0 Å². The van der Waals surface area contributed by atoms with E-state index in [-0.39, 0.29) is 16.7 Å². The number of halogens is 3. The number of hydrogen-bond donors (Lipinski definition) is 2. The molecule has 0 bridgehead atoms. The zero-order chi connectivity index (χ0) is 27.0. The molecule has 3 heterocycles. The number of hydrogen-bond acceptors (Lipinski definition) is 6. The first kappa shape index (κ1) is 24.8. The number of nitrogens with two attached hydrogens (primary N) is 1. The number of nitrogens with zero attached hydrogens (tertiary/aromatic N) is 4. The van der Waals surface area contributed by atoms with Gasteiger partial charge in [0.25, 0.3) is 0 Å². The highest BCUT2D eigenvalue weighted by molar-refractivity contribution is 6.01. The zero-order valence-corrected chi connectivity index (χ0v) is 20.3. The summed E-state index contributed by atoms with van der Waals surface area (Å²) in [4.78, 5) is 29.6. The fourth-order valence-electron chi connectivity index (χ4n) is 4.17. The topological polar surface area (TPSA) is 107 Å². The summed E-state index contributed by atoms with van der Waals surface area (Å²) in [6, 6.07) is 13.7. The Kier molecular flexibility index (Phi) is 6.23. The van der Waals surface area contributed by atoms with Crippen LogP contribution in [0, 0.1) is 13.8 Å². The summed E-state index contributed by atoms with van der Waals surface area (Å²) >= 11 is 0. The highest BCUT2D eigenvalue weighted by atomic mass is 19.4. The molecule has 0 saturated carbocycles. The average Bonchev–Trinajstić information content (AvgIpc) is 2.89. The van der Waals surface area contributed by atoms with E-state index in [1.54, 1.807) is 36.8 Å². The van der Waals surface area contributed by atoms with Gasteiger partial charge in [-0.25, -0.2) is 9.97 Å². The summed E-state index contributed by atoms with van der Waals surface area (Å²) in [5.41, 5.74) is 8.34. The number of pyridine rings is 2. The SMILES string of the molecule is Cc1ccc(Nc2ncc3cc(-c4cc(-c5c(C(N)=O)cccc5C(F)(F)F)ccc4C)ncc3n2)cn1. The van der Waals surface area contributed by atoms with Gasteiger partial charge in [-0.3, -0.25) is 14.8 Å². The van der Waals surface area contributed by atoms with E-state index in [9.17, 15) is 18.0 Å². The van der Waals surface area contributed by atoms with Crippen molar-refractivity contribution in [3.63, 3.8) is 0 Å². The van der Waals surface area contributed by atoms with Crippen LogP contribution in [0.15, 0.2) is 73.2 Å². The summed E-state index contributed by atoms with van der Waals surface area (Å²) < 4.78 is 41.6. The van der Waals surface area contributed by atoms with Crippen molar-refractivity contribution in [1.29, 1.82) is 0 Å². The molecule has 0 aliphatic rings. The molecular weight excluding hydrogens is 493 g/mol. The number of alkyl halides is 3. The second kappa shape index (κ2) is 9.55. The standard InChI is InChI=1S/C28H21F3N6O/c1-15-6-8-17(25-20(26(32)38)4-3-5-22(25)28(29,30)31)10-21(15)23-11-18-12-35-27(37-24(18)14-34-23)36-19-9-7-16(2)33-13-19/h3-14H,1-2H3,(H2,32,38)(H,35,36,37). The van der Waals surface area contributed by atoms with Crippen molar-refractivity contribution in [1.82, 2.24) is 19.9 Å². The third kappa shape index (κ3) is 4.88. The summed E-state index contributed by atoms with van der Waals surface area (Å²) in [6.45, 7) is 3.72. The highest BCUT2D eigenvalue weighted by Crippen LogP contribution is 2.40. The molecule has 1 amide bonds. The number of carbonyl (C=O) groups excluding carboxylic acids is 1. The van der Waals surface area contributed by atoms with Gasteiger partial charge in [0.15, 0.2) is 0 Å². The molecule has 5 aromatic rings. The number of aryl methyl sites for hydroxylation is 2. The second-order valence-electron chi connectivity index (χ2n) is 8.76. The van der Waals surface area contributed by atoms with Crippen molar-refractivity contribution in [2.45, 2.75) is 20.0 Å². The van der Waals surface area contributed by atoms with E-state index in [0.717, 1.165) is 23.0 Å². The molecule has 0 fully saturated rings. The Morgan fingerprint density at radius 2 is 1.74 bits per heavy atom. The quantitative estimate of drug-likeness (QED) is 0.288. The molecule has 0 radical (unpaired) electrons. The smallest absolute Gasteiger partial charge is 0.366 e. The molecule has 0 spiro atoms. The molecule has 3 aromatic heterocycles. The molecule has 10 heteroatoms. The number of primary amides is 1. The summed E-state index contributed by atoms with van der Waals surface area (Å²) in [5.74, 6) is -0.571. The second-order valence-corrected chi connectivity index (χ2v) is 8.76. The predicted molar refractivity (Wildman–Crippen MR) is 139 cm³/mol. The minimum atomic E-state index is -4.68. The van der Waals surface area contributed by atoms with E-state index in [2.05, 4.69) is 25.3 Å². The molecule has 7 nitrogen and oxygen atoms in total. The van der Waals surface area contributed by atoms with Crippen molar-refractivity contribution in [2.75, 3.05) is 5.32 Å². The van der Waals surface area contributed by atoms with Crippen molar-refractivity contribution >= 4 is 28.4 Å². The van der Waals surface area contributed by atoms with Gasteiger partial charge >= 0.3 is 6.18 Å². The molecule has 0 saturated heterocycles. The molecular formula is C28H21F3N6O. The minimum absolute atomic E-state index is 0.205. The van der Waals surface area contributed by atoms with Gasteiger partial charge in [-0.05, 0) is 61.4 Å². The van der Waals surface area contributed by atoms with Gasteiger partial charge in [-0.1, -0.05) is 18.2 Å². The maximum absolute atomic E-state index is 13.9. The number of nitrogens with one attached hydrogen (secondary N) is 1. The van der Waals surface area contributed by atoms with Crippen molar-refractivity contribution in [3.8, 4) is 22.4 Å². The Hall–Kier alpha value is -4.86. The third-order valence-electron chi connectivity index (χ3n) is 6.07. The Morgan fingerprint density at radius 1 is 0.921 bits per heavy atom. The van der Waals surface area contributed by atoms with E-state index in [1.165, 1.54) is 18.2 Å². The number of amides is 1. The largest absolute Gasteiger partial charge is 0.417 e. The van der Waals surface area contributed by atoms with Crippen LogP contribution in [-0.4, -0.2) is 25.8 Å². The molecule has 190 valence electrons. The fourth-order valence-corrected chi connectivity index (χ4v) is 4.17. The highest BCUT2D eigenvalue weighted by Gasteiger charge is 2.35. The van der Waals surface area contributed by atoms with Gasteiger partial charge in [0, 0.05) is 34.0 Å². The van der Waals surface area contributed by atoms with Gasteiger partial charge in [-0.15, -0.1) is 0 Å². The zero-order valence-electron chi connectivity index (χ0n) is 20.3. The molecule has 0 unspecified atom stereocenters. The molecule has 3 N–H and O–H groups in total. The van der Waals surface area contributed by atoms with E-state index >= 15 is 0 Å².